The number of para-hydroxylation sites is 1. The summed E-state index contributed by atoms with van der Waals surface area (Å²) >= 11 is 0. The minimum absolute atomic E-state index is 0.443. The molecule has 1 atom stereocenters. The number of aliphatic hydroxyl groups excluding tert-OH is 1. The number of hydrogen-bond acceptors (Lipinski definition) is 2. The van der Waals surface area contributed by atoms with E-state index >= 15 is 0 Å². The third kappa shape index (κ3) is 3.04. The third-order valence-electron chi connectivity index (χ3n) is 2.98. The predicted octanol–water partition coefficient (Wildman–Crippen LogP) is 3.70. The Hall–Kier alpha value is -1.41. The maximum atomic E-state index is 10.1. The summed E-state index contributed by atoms with van der Waals surface area (Å²) < 4.78 is 0. The summed E-state index contributed by atoms with van der Waals surface area (Å²) in [4.78, 5) is 4.50. The zero-order valence-corrected chi connectivity index (χ0v) is 10.4. The minimum Gasteiger partial charge on any atom is -0.387 e. The Bertz CT molecular complexity index is 493. The molecule has 0 saturated carbocycles. The van der Waals surface area contributed by atoms with Gasteiger partial charge in [-0.05, 0) is 30.9 Å². The molecule has 2 aromatic rings. The average molecular weight is 229 g/mol. The Morgan fingerprint density at radius 1 is 1.06 bits per heavy atom. The van der Waals surface area contributed by atoms with E-state index in [4.69, 9.17) is 0 Å². The Morgan fingerprint density at radius 3 is 2.59 bits per heavy atom. The quantitative estimate of drug-likeness (QED) is 0.867. The number of pyridine rings is 1. The standard InChI is InChI=1S/C15H19NO/c1-11(2)7-10-15(17)14-9-8-12-5-3-4-6-13(12)16-14/h3-6,8-9,11,15,17H,7,10H2,1-2H3. The highest BCUT2D eigenvalue weighted by atomic mass is 16.3. The number of nitrogens with zero attached hydrogens (tertiary/aromatic N) is 1. The zero-order valence-electron chi connectivity index (χ0n) is 10.4. The largest absolute Gasteiger partial charge is 0.387 e. The van der Waals surface area contributed by atoms with Crippen molar-refractivity contribution in [1.29, 1.82) is 0 Å². The molecule has 0 amide bonds. The van der Waals surface area contributed by atoms with Crippen LogP contribution < -0.4 is 0 Å². The van der Waals surface area contributed by atoms with Crippen molar-refractivity contribution in [2.75, 3.05) is 0 Å². The first-order valence-electron chi connectivity index (χ1n) is 6.20. The second kappa shape index (κ2) is 5.28. The molecule has 90 valence electrons. The Morgan fingerprint density at radius 2 is 1.82 bits per heavy atom. The van der Waals surface area contributed by atoms with Crippen LogP contribution in [-0.4, -0.2) is 10.1 Å². The molecule has 0 spiro atoms. The fourth-order valence-electron chi connectivity index (χ4n) is 1.91. The maximum absolute atomic E-state index is 10.1. The maximum Gasteiger partial charge on any atom is 0.0960 e. The zero-order chi connectivity index (χ0) is 12.3. The van der Waals surface area contributed by atoms with E-state index in [1.54, 1.807) is 0 Å². The second-order valence-electron chi connectivity index (χ2n) is 4.92. The normalized spacial score (nSPS) is 13.2. The van der Waals surface area contributed by atoms with Crippen molar-refractivity contribution in [1.82, 2.24) is 4.98 Å². The van der Waals surface area contributed by atoms with E-state index in [0.717, 1.165) is 29.4 Å². The molecule has 0 radical (unpaired) electrons. The van der Waals surface area contributed by atoms with Crippen LogP contribution in [0.3, 0.4) is 0 Å². The number of aliphatic hydroxyl groups is 1. The lowest BCUT2D eigenvalue weighted by Gasteiger charge is -2.12. The molecule has 2 heteroatoms. The molecule has 0 saturated heterocycles. The summed E-state index contributed by atoms with van der Waals surface area (Å²) in [5.74, 6) is 0.616. The van der Waals surface area contributed by atoms with Crippen molar-refractivity contribution in [3.05, 3.63) is 42.1 Å². The van der Waals surface area contributed by atoms with Gasteiger partial charge in [-0.25, -0.2) is 0 Å². The summed E-state index contributed by atoms with van der Waals surface area (Å²) in [6, 6.07) is 11.9. The molecular weight excluding hydrogens is 210 g/mol. The molecule has 0 fully saturated rings. The predicted molar refractivity (Wildman–Crippen MR) is 70.8 cm³/mol. The molecule has 1 aromatic carbocycles. The van der Waals surface area contributed by atoms with E-state index in [1.807, 2.05) is 36.4 Å². The van der Waals surface area contributed by atoms with Crippen molar-refractivity contribution in [2.24, 2.45) is 5.92 Å². The minimum atomic E-state index is -0.443. The molecule has 1 aromatic heterocycles. The molecule has 1 heterocycles. The lowest BCUT2D eigenvalue weighted by atomic mass is 10.0. The second-order valence-corrected chi connectivity index (χ2v) is 4.92. The highest BCUT2D eigenvalue weighted by Gasteiger charge is 2.10. The van der Waals surface area contributed by atoms with Crippen molar-refractivity contribution < 1.29 is 5.11 Å². The number of aromatic nitrogens is 1. The summed E-state index contributed by atoms with van der Waals surface area (Å²) in [6.45, 7) is 4.33. The van der Waals surface area contributed by atoms with Crippen LogP contribution >= 0.6 is 0 Å². The molecule has 1 N–H and O–H groups in total. The molecule has 2 nitrogen and oxygen atoms in total. The molecule has 17 heavy (non-hydrogen) atoms. The van der Waals surface area contributed by atoms with Crippen LogP contribution in [0.25, 0.3) is 10.9 Å². The van der Waals surface area contributed by atoms with Crippen molar-refractivity contribution in [3.8, 4) is 0 Å². The summed E-state index contributed by atoms with van der Waals surface area (Å²) in [5.41, 5.74) is 1.73. The third-order valence-corrected chi connectivity index (χ3v) is 2.98. The highest BCUT2D eigenvalue weighted by molar-refractivity contribution is 5.78. The monoisotopic (exact) mass is 229 g/mol. The van der Waals surface area contributed by atoms with Crippen LogP contribution in [0, 0.1) is 5.92 Å². The van der Waals surface area contributed by atoms with Crippen LogP contribution in [0.4, 0.5) is 0 Å². The van der Waals surface area contributed by atoms with Gasteiger partial charge in [0, 0.05) is 5.39 Å². The Balaban J connectivity index is 2.18. The van der Waals surface area contributed by atoms with Gasteiger partial charge in [0.2, 0.25) is 0 Å². The Labute approximate surface area is 102 Å². The van der Waals surface area contributed by atoms with Crippen LogP contribution in [0.5, 0.6) is 0 Å². The first kappa shape index (κ1) is 12.1. The van der Waals surface area contributed by atoms with Gasteiger partial charge in [0.05, 0.1) is 17.3 Å². The summed E-state index contributed by atoms with van der Waals surface area (Å²) in [5, 5.41) is 11.2. The fourth-order valence-corrected chi connectivity index (χ4v) is 1.91. The van der Waals surface area contributed by atoms with Crippen molar-refractivity contribution in [3.63, 3.8) is 0 Å². The molecule has 0 bridgehead atoms. The van der Waals surface area contributed by atoms with Gasteiger partial charge in [-0.15, -0.1) is 0 Å². The van der Waals surface area contributed by atoms with Gasteiger partial charge >= 0.3 is 0 Å². The average Bonchev–Trinajstić information content (AvgIpc) is 2.35. The lowest BCUT2D eigenvalue weighted by Crippen LogP contribution is -2.02. The van der Waals surface area contributed by atoms with E-state index in [0.29, 0.717) is 5.92 Å². The van der Waals surface area contributed by atoms with Crippen LogP contribution in [0.2, 0.25) is 0 Å². The molecule has 0 aliphatic carbocycles. The van der Waals surface area contributed by atoms with Crippen LogP contribution in [0.1, 0.15) is 38.5 Å². The Kier molecular flexibility index (Phi) is 3.75. The number of hydrogen-bond donors (Lipinski definition) is 1. The summed E-state index contributed by atoms with van der Waals surface area (Å²) in [7, 11) is 0. The van der Waals surface area contributed by atoms with Gasteiger partial charge < -0.3 is 5.11 Å². The van der Waals surface area contributed by atoms with Gasteiger partial charge in [0.1, 0.15) is 0 Å². The number of rotatable bonds is 4. The molecular formula is C15H19NO. The van der Waals surface area contributed by atoms with Crippen LogP contribution in [-0.2, 0) is 0 Å². The van der Waals surface area contributed by atoms with E-state index in [-0.39, 0.29) is 0 Å². The van der Waals surface area contributed by atoms with E-state index in [2.05, 4.69) is 18.8 Å². The fraction of sp³-hybridized carbons (Fsp3) is 0.400. The molecule has 0 aliphatic heterocycles. The van der Waals surface area contributed by atoms with Gasteiger partial charge in [-0.1, -0.05) is 38.1 Å². The van der Waals surface area contributed by atoms with E-state index in [1.165, 1.54) is 0 Å². The van der Waals surface area contributed by atoms with E-state index < -0.39 is 6.10 Å². The molecule has 2 rings (SSSR count). The van der Waals surface area contributed by atoms with Gasteiger partial charge in [0.15, 0.2) is 0 Å². The number of benzene rings is 1. The SMILES string of the molecule is CC(C)CCC(O)c1ccc2ccccc2n1. The van der Waals surface area contributed by atoms with E-state index in [9.17, 15) is 5.11 Å². The topological polar surface area (TPSA) is 33.1 Å². The van der Waals surface area contributed by atoms with Crippen LogP contribution in [0.15, 0.2) is 36.4 Å². The molecule has 1 unspecified atom stereocenters. The van der Waals surface area contributed by atoms with Gasteiger partial charge in [0.25, 0.3) is 0 Å². The van der Waals surface area contributed by atoms with Gasteiger partial charge in [-0.2, -0.15) is 0 Å². The van der Waals surface area contributed by atoms with Gasteiger partial charge in [-0.3, -0.25) is 4.98 Å². The first-order chi connectivity index (χ1) is 8.16. The van der Waals surface area contributed by atoms with Crippen molar-refractivity contribution in [2.45, 2.75) is 32.8 Å². The molecule has 0 aliphatic rings. The first-order valence-corrected chi connectivity index (χ1v) is 6.20. The summed E-state index contributed by atoms with van der Waals surface area (Å²) in [6.07, 6.45) is 1.36. The number of fused-ring (bicyclic) bond motifs is 1. The smallest absolute Gasteiger partial charge is 0.0960 e. The highest BCUT2D eigenvalue weighted by Crippen LogP contribution is 2.21. The van der Waals surface area contributed by atoms with Crippen molar-refractivity contribution >= 4 is 10.9 Å². The lowest BCUT2D eigenvalue weighted by molar-refractivity contribution is 0.155.